The number of benzene rings is 2. The summed E-state index contributed by atoms with van der Waals surface area (Å²) in [5, 5.41) is 0. The van der Waals surface area contributed by atoms with Gasteiger partial charge >= 0.3 is 0 Å². The van der Waals surface area contributed by atoms with Crippen LogP contribution in [0.4, 0.5) is 0 Å². The molecule has 2 aromatic carbocycles. The Morgan fingerprint density at radius 3 is 2.75 bits per heavy atom. The Morgan fingerprint density at radius 2 is 2.00 bits per heavy atom. The van der Waals surface area contributed by atoms with E-state index in [0.29, 0.717) is 17.9 Å². The van der Waals surface area contributed by atoms with Crippen molar-refractivity contribution in [1.29, 1.82) is 0 Å². The maximum Gasteiger partial charge on any atom is 0.153 e. The summed E-state index contributed by atoms with van der Waals surface area (Å²) in [5.74, 6) is 0.571. The minimum absolute atomic E-state index is 0.458. The second-order valence-corrected chi connectivity index (χ2v) is 3.36. The number of carbonyl (C=O) groups is 1. The van der Waals surface area contributed by atoms with Gasteiger partial charge in [-0.25, -0.2) is 0 Å². The molecule has 16 heavy (non-hydrogen) atoms. The molecule has 0 fully saturated rings. The second kappa shape index (κ2) is 5.12. The number of hydrogen-bond acceptors (Lipinski definition) is 2. The van der Waals surface area contributed by atoms with E-state index in [0.717, 1.165) is 11.8 Å². The maximum atomic E-state index is 10.7. The molecule has 0 saturated carbocycles. The summed E-state index contributed by atoms with van der Waals surface area (Å²) in [6, 6.07) is 17.8. The van der Waals surface area contributed by atoms with Crippen molar-refractivity contribution >= 4 is 6.29 Å². The molecule has 1 radical (unpaired) electrons. The fourth-order valence-corrected chi connectivity index (χ4v) is 1.38. The van der Waals surface area contributed by atoms with Crippen molar-refractivity contribution in [2.24, 2.45) is 0 Å². The Morgan fingerprint density at radius 1 is 1.19 bits per heavy atom. The van der Waals surface area contributed by atoms with Gasteiger partial charge in [0.1, 0.15) is 12.4 Å². The van der Waals surface area contributed by atoms with Crippen molar-refractivity contribution in [3.63, 3.8) is 0 Å². The summed E-state index contributed by atoms with van der Waals surface area (Å²) >= 11 is 0. The van der Waals surface area contributed by atoms with Gasteiger partial charge in [0, 0.05) is 0 Å². The largest absolute Gasteiger partial charge is 0.488 e. The normalized spacial score (nSPS) is 9.75. The molecule has 0 bridgehead atoms. The molecule has 0 N–H and O–H groups in total. The lowest BCUT2D eigenvalue weighted by molar-refractivity contribution is 0.111. The van der Waals surface area contributed by atoms with Crippen LogP contribution in [0.2, 0.25) is 0 Å². The molecule has 0 aliphatic carbocycles. The zero-order chi connectivity index (χ0) is 11.2. The van der Waals surface area contributed by atoms with Gasteiger partial charge in [0.05, 0.1) is 5.56 Å². The number of carbonyl (C=O) groups excluding carboxylic acids is 1. The topological polar surface area (TPSA) is 26.3 Å². The predicted octanol–water partition coefficient (Wildman–Crippen LogP) is 2.88. The molecule has 0 aromatic heterocycles. The minimum atomic E-state index is 0.458. The number of aldehydes is 1. The van der Waals surface area contributed by atoms with E-state index in [1.54, 1.807) is 18.2 Å². The molecule has 0 saturated heterocycles. The Bertz CT molecular complexity index is 463. The quantitative estimate of drug-likeness (QED) is 0.727. The molecule has 2 rings (SSSR count). The lowest BCUT2D eigenvalue weighted by Crippen LogP contribution is -1.97. The molecule has 2 nitrogen and oxygen atoms in total. The summed E-state index contributed by atoms with van der Waals surface area (Å²) in [4.78, 5) is 10.7. The lowest BCUT2D eigenvalue weighted by Gasteiger charge is -2.07. The highest BCUT2D eigenvalue weighted by molar-refractivity contribution is 5.79. The van der Waals surface area contributed by atoms with Crippen molar-refractivity contribution in [3.8, 4) is 5.75 Å². The van der Waals surface area contributed by atoms with Gasteiger partial charge in [-0.2, -0.15) is 0 Å². The van der Waals surface area contributed by atoms with Crippen LogP contribution in [-0.4, -0.2) is 6.29 Å². The summed E-state index contributed by atoms with van der Waals surface area (Å²) in [7, 11) is 0. The van der Waals surface area contributed by atoms with E-state index in [9.17, 15) is 4.79 Å². The monoisotopic (exact) mass is 211 g/mol. The molecule has 0 amide bonds. The Hall–Kier alpha value is -2.09. The van der Waals surface area contributed by atoms with Crippen LogP contribution in [0.5, 0.6) is 5.75 Å². The third kappa shape index (κ3) is 2.48. The van der Waals surface area contributed by atoms with Crippen LogP contribution in [0.1, 0.15) is 15.9 Å². The Labute approximate surface area is 94.5 Å². The second-order valence-electron chi connectivity index (χ2n) is 3.36. The maximum absolute atomic E-state index is 10.7. The predicted molar refractivity (Wildman–Crippen MR) is 61.4 cm³/mol. The summed E-state index contributed by atoms with van der Waals surface area (Å²) in [6.45, 7) is 0.458. The molecular formula is C14H11O2. The number of ether oxygens (including phenoxy) is 1. The first-order chi connectivity index (χ1) is 7.90. The SMILES string of the molecule is O=Cc1cc[c]cc1OCc1ccccc1. The van der Waals surface area contributed by atoms with Gasteiger partial charge in [0.2, 0.25) is 0 Å². The Balaban J connectivity index is 2.08. The molecule has 0 aliphatic heterocycles. The van der Waals surface area contributed by atoms with Gasteiger partial charge < -0.3 is 4.74 Å². The summed E-state index contributed by atoms with van der Waals surface area (Å²) < 4.78 is 5.55. The van der Waals surface area contributed by atoms with Crippen molar-refractivity contribution in [3.05, 3.63) is 65.7 Å². The van der Waals surface area contributed by atoms with Crippen molar-refractivity contribution in [1.82, 2.24) is 0 Å². The molecule has 0 unspecified atom stereocenters. The zero-order valence-electron chi connectivity index (χ0n) is 8.72. The fraction of sp³-hybridized carbons (Fsp3) is 0.0714. The first-order valence-electron chi connectivity index (χ1n) is 5.02. The van der Waals surface area contributed by atoms with Crippen LogP contribution in [0, 0.1) is 6.07 Å². The van der Waals surface area contributed by atoms with E-state index in [1.807, 2.05) is 30.3 Å². The van der Waals surface area contributed by atoms with E-state index in [-0.39, 0.29) is 0 Å². The van der Waals surface area contributed by atoms with Gasteiger partial charge in [-0.3, -0.25) is 4.79 Å². The van der Waals surface area contributed by atoms with Crippen LogP contribution in [-0.2, 0) is 6.61 Å². The average molecular weight is 211 g/mol. The third-order valence-electron chi connectivity index (χ3n) is 2.22. The number of hydrogen-bond donors (Lipinski definition) is 0. The van der Waals surface area contributed by atoms with E-state index in [1.165, 1.54) is 0 Å². The Kier molecular flexibility index (Phi) is 3.34. The molecule has 2 aromatic rings. The lowest BCUT2D eigenvalue weighted by atomic mass is 10.2. The van der Waals surface area contributed by atoms with E-state index < -0.39 is 0 Å². The van der Waals surface area contributed by atoms with Crippen LogP contribution in [0.15, 0.2) is 48.5 Å². The van der Waals surface area contributed by atoms with Crippen LogP contribution in [0.3, 0.4) is 0 Å². The summed E-state index contributed by atoms with van der Waals surface area (Å²) in [5.41, 5.74) is 1.62. The van der Waals surface area contributed by atoms with Crippen LogP contribution < -0.4 is 4.74 Å². The molecule has 0 aliphatic rings. The summed E-state index contributed by atoms with van der Waals surface area (Å²) in [6.07, 6.45) is 0.786. The average Bonchev–Trinajstić information content (AvgIpc) is 2.38. The van der Waals surface area contributed by atoms with Crippen molar-refractivity contribution in [2.75, 3.05) is 0 Å². The van der Waals surface area contributed by atoms with Gasteiger partial charge in [-0.15, -0.1) is 0 Å². The molecule has 79 valence electrons. The van der Waals surface area contributed by atoms with Crippen molar-refractivity contribution < 1.29 is 9.53 Å². The molecular weight excluding hydrogens is 200 g/mol. The number of rotatable bonds is 4. The molecule has 2 heteroatoms. The fourth-order valence-electron chi connectivity index (χ4n) is 1.38. The third-order valence-corrected chi connectivity index (χ3v) is 2.22. The van der Waals surface area contributed by atoms with Gasteiger partial charge in [0.15, 0.2) is 6.29 Å². The van der Waals surface area contributed by atoms with E-state index >= 15 is 0 Å². The first kappa shape index (κ1) is 10.4. The minimum Gasteiger partial charge on any atom is -0.488 e. The smallest absolute Gasteiger partial charge is 0.153 e. The van der Waals surface area contributed by atoms with Gasteiger partial charge in [-0.05, 0) is 23.8 Å². The van der Waals surface area contributed by atoms with Crippen LogP contribution in [0.25, 0.3) is 0 Å². The highest BCUT2D eigenvalue weighted by Gasteiger charge is 2.01. The van der Waals surface area contributed by atoms with Gasteiger partial charge in [0.25, 0.3) is 0 Å². The highest BCUT2D eigenvalue weighted by atomic mass is 16.5. The first-order valence-corrected chi connectivity index (χ1v) is 5.02. The van der Waals surface area contributed by atoms with E-state index in [2.05, 4.69) is 6.07 Å². The van der Waals surface area contributed by atoms with Crippen LogP contribution >= 0.6 is 0 Å². The van der Waals surface area contributed by atoms with Crippen molar-refractivity contribution in [2.45, 2.75) is 6.61 Å². The highest BCUT2D eigenvalue weighted by Crippen LogP contribution is 2.16. The standard InChI is InChI=1S/C14H11O2/c15-10-13-8-4-5-9-14(13)16-11-12-6-2-1-3-7-12/h1-4,6-10H,11H2. The van der Waals surface area contributed by atoms with E-state index in [4.69, 9.17) is 4.74 Å². The van der Waals surface area contributed by atoms with Gasteiger partial charge in [-0.1, -0.05) is 36.4 Å². The zero-order valence-corrected chi connectivity index (χ0v) is 8.72. The molecule has 0 heterocycles. The molecule has 0 spiro atoms. The molecule has 0 atom stereocenters.